The van der Waals surface area contributed by atoms with E-state index >= 15 is 0 Å². The summed E-state index contributed by atoms with van der Waals surface area (Å²) >= 11 is 0. The number of rotatable bonds is 4. The van der Waals surface area contributed by atoms with Gasteiger partial charge in [-0.1, -0.05) is 30.3 Å². The lowest BCUT2D eigenvalue weighted by atomic mass is 10.0. The van der Waals surface area contributed by atoms with Crippen LogP contribution in [-0.2, 0) is 11.2 Å². The van der Waals surface area contributed by atoms with E-state index in [2.05, 4.69) is 23.2 Å². The molecule has 2 rings (SSSR count). The van der Waals surface area contributed by atoms with Crippen molar-refractivity contribution in [1.82, 2.24) is 4.98 Å². The average molecular weight is 237 g/mol. The van der Waals surface area contributed by atoms with Crippen LogP contribution in [0.2, 0.25) is 0 Å². The van der Waals surface area contributed by atoms with E-state index in [9.17, 15) is 4.79 Å². The van der Waals surface area contributed by atoms with E-state index in [0.29, 0.717) is 0 Å². The number of pyridine rings is 1. The summed E-state index contributed by atoms with van der Waals surface area (Å²) in [6.45, 7) is 1.80. The van der Waals surface area contributed by atoms with Gasteiger partial charge in [0, 0.05) is 12.4 Å². The number of hydrogen-bond acceptors (Lipinski definition) is 2. The molecule has 0 saturated carbocycles. The van der Waals surface area contributed by atoms with E-state index in [-0.39, 0.29) is 0 Å². The predicted octanol–water partition coefficient (Wildman–Crippen LogP) is 3.27. The SMILES string of the molecule is CC(C=O)=Cc1ccc(Cc2cccnc2)cc1. The van der Waals surface area contributed by atoms with E-state index in [0.717, 1.165) is 23.8 Å². The lowest BCUT2D eigenvalue weighted by Gasteiger charge is -2.02. The van der Waals surface area contributed by atoms with Crippen molar-refractivity contribution in [2.45, 2.75) is 13.3 Å². The number of carbonyl (C=O) groups excluding carboxylic acids is 1. The molecule has 1 aromatic carbocycles. The van der Waals surface area contributed by atoms with Crippen molar-refractivity contribution in [2.24, 2.45) is 0 Å². The van der Waals surface area contributed by atoms with Gasteiger partial charge in [-0.05, 0) is 47.8 Å². The molecule has 2 aromatic rings. The first-order chi connectivity index (χ1) is 8.78. The number of carbonyl (C=O) groups is 1. The van der Waals surface area contributed by atoms with Crippen LogP contribution < -0.4 is 0 Å². The Morgan fingerprint density at radius 1 is 1.17 bits per heavy atom. The summed E-state index contributed by atoms with van der Waals surface area (Å²) in [5.74, 6) is 0. The molecule has 0 amide bonds. The molecule has 90 valence electrons. The highest BCUT2D eigenvalue weighted by Crippen LogP contribution is 2.11. The standard InChI is InChI=1S/C16H15NO/c1-13(12-18)9-14-4-6-15(7-5-14)10-16-3-2-8-17-11-16/h2-9,11-12H,10H2,1H3. The quantitative estimate of drug-likeness (QED) is 0.603. The first-order valence-corrected chi connectivity index (χ1v) is 5.89. The van der Waals surface area contributed by atoms with Crippen molar-refractivity contribution in [3.05, 3.63) is 71.1 Å². The van der Waals surface area contributed by atoms with Gasteiger partial charge in [0.25, 0.3) is 0 Å². The predicted molar refractivity (Wildman–Crippen MR) is 73.2 cm³/mol. The normalized spacial score (nSPS) is 11.3. The number of aromatic nitrogens is 1. The van der Waals surface area contributed by atoms with Crippen molar-refractivity contribution in [1.29, 1.82) is 0 Å². The monoisotopic (exact) mass is 237 g/mol. The van der Waals surface area contributed by atoms with E-state index in [1.807, 2.05) is 30.5 Å². The van der Waals surface area contributed by atoms with Crippen LogP contribution in [0.4, 0.5) is 0 Å². The van der Waals surface area contributed by atoms with Crippen molar-refractivity contribution in [3.63, 3.8) is 0 Å². The van der Waals surface area contributed by atoms with Gasteiger partial charge in [0.15, 0.2) is 0 Å². The Bertz CT molecular complexity index is 541. The minimum Gasteiger partial charge on any atom is -0.298 e. The first-order valence-electron chi connectivity index (χ1n) is 5.89. The van der Waals surface area contributed by atoms with Gasteiger partial charge in [-0.25, -0.2) is 0 Å². The Balaban J connectivity index is 2.11. The minimum atomic E-state index is 0.731. The summed E-state index contributed by atoms with van der Waals surface area (Å²) in [5, 5.41) is 0. The van der Waals surface area contributed by atoms with E-state index in [1.54, 1.807) is 13.1 Å². The van der Waals surface area contributed by atoms with Gasteiger partial charge in [-0.3, -0.25) is 9.78 Å². The molecule has 0 radical (unpaired) electrons. The van der Waals surface area contributed by atoms with Crippen molar-refractivity contribution < 1.29 is 4.79 Å². The summed E-state index contributed by atoms with van der Waals surface area (Å²) in [4.78, 5) is 14.6. The molecule has 1 aromatic heterocycles. The Morgan fingerprint density at radius 3 is 2.56 bits per heavy atom. The molecule has 0 fully saturated rings. The molecule has 0 unspecified atom stereocenters. The molecule has 1 heterocycles. The van der Waals surface area contributed by atoms with Crippen LogP contribution in [0.25, 0.3) is 6.08 Å². The molecule has 0 aliphatic carbocycles. The molecule has 18 heavy (non-hydrogen) atoms. The summed E-state index contributed by atoms with van der Waals surface area (Å²) in [5.41, 5.74) is 4.22. The zero-order valence-electron chi connectivity index (χ0n) is 10.3. The highest BCUT2D eigenvalue weighted by atomic mass is 16.1. The van der Waals surface area contributed by atoms with Crippen LogP contribution in [0.3, 0.4) is 0 Å². The van der Waals surface area contributed by atoms with Crippen molar-refractivity contribution >= 4 is 12.4 Å². The van der Waals surface area contributed by atoms with Gasteiger partial charge < -0.3 is 0 Å². The Kier molecular flexibility index (Phi) is 4.02. The summed E-state index contributed by atoms with van der Waals surface area (Å²) in [6.07, 6.45) is 7.28. The van der Waals surface area contributed by atoms with Gasteiger partial charge in [0.1, 0.15) is 6.29 Å². The van der Waals surface area contributed by atoms with Crippen LogP contribution in [0.5, 0.6) is 0 Å². The molecular weight excluding hydrogens is 222 g/mol. The minimum absolute atomic E-state index is 0.731. The Morgan fingerprint density at radius 2 is 1.94 bits per heavy atom. The maximum Gasteiger partial charge on any atom is 0.145 e. The van der Waals surface area contributed by atoms with Gasteiger partial charge in [-0.2, -0.15) is 0 Å². The Hall–Kier alpha value is -2.22. The zero-order chi connectivity index (χ0) is 12.8. The third kappa shape index (κ3) is 3.39. The topological polar surface area (TPSA) is 30.0 Å². The van der Waals surface area contributed by atoms with Crippen molar-refractivity contribution in [2.75, 3.05) is 0 Å². The van der Waals surface area contributed by atoms with Crippen LogP contribution >= 0.6 is 0 Å². The second-order valence-corrected chi connectivity index (χ2v) is 4.29. The zero-order valence-corrected chi connectivity index (χ0v) is 10.3. The molecule has 0 aliphatic rings. The van der Waals surface area contributed by atoms with Crippen LogP contribution in [-0.4, -0.2) is 11.3 Å². The number of hydrogen-bond donors (Lipinski definition) is 0. The second-order valence-electron chi connectivity index (χ2n) is 4.29. The molecule has 2 heteroatoms. The van der Waals surface area contributed by atoms with E-state index in [4.69, 9.17) is 0 Å². The number of aldehydes is 1. The van der Waals surface area contributed by atoms with Crippen molar-refractivity contribution in [3.8, 4) is 0 Å². The maximum absolute atomic E-state index is 10.5. The fraction of sp³-hybridized carbons (Fsp3) is 0.125. The fourth-order valence-electron chi connectivity index (χ4n) is 1.77. The number of allylic oxidation sites excluding steroid dienone is 1. The smallest absolute Gasteiger partial charge is 0.145 e. The summed E-state index contributed by atoms with van der Waals surface area (Å²) < 4.78 is 0. The molecule has 0 spiro atoms. The fourth-order valence-corrected chi connectivity index (χ4v) is 1.77. The maximum atomic E-state index is 10.5. The van der Waals surface area contributed by atoms with Crippen LogP contribution in [0.15, 0.2) is 54.4 Å². The third-order valence-corrected chi connectivity index (χ3v) is 2.69. The van der Waals surface area contributed by atoms with E-state index < -0.39 is 0 Å². The largest absolute Gasteiger partial charge is 0.298 e. The Labute approximate surface area is 107 Å². The highest BCUT2D eigenvalue weighted by Gasteiger charge is 1.96. The second kappa shape index (κ2) is 5.92. The van der Waals surface area contributed by atoms with Gasteiger partial charge in [0.05, 0.1) is 0 Å². The van der Waals surface area contributed by atoms with E-state index in [1.165, 1.54) is 11.1 Å². The van der Waals surface area contributed by atoms with Crippen LogP contribution in [0.1, 0.15) is 23.6 Å². The molecule has 0 N–H and O–H groups in total. The molecule has 0 atom stereocenters. The van der Waals surface area contributed by atoms with Gasteiger partial charge in [0.2, 0.25) is 0 Å². The number of benzene rings is 1. The highest BCUT2D eigenvalue weighted by molar-refractivity contribution is 5.80. The summed E-state index contributed by atoms with van der Waals surface area (Å²) in [6, 6.07) is 12.2. The third-order valence-electron chi connectivity index (χ3n) is 2.69. The van der Waals surface area contributed by atoms with Crippen LogP contribution in [0, 0.1) is 0 Å². The lowest BCUT2D eigenvalue weighted by Crippen LogP contribution is -1.88. The summed E-state index contributed by atoms with van der Waals surface area (Å²) in [7, 11) is 0. The number of nitrogens with zero attached hydrogens (tertiary/aromatic N) is 1. The average Bonchev–Trinajstić information content (AvgIpc) is 2.42. The molecular formula is C16H15NO. The first kappa shape index (κ1) is 12.2. The molecule has 0 bridgehead atoms. The molecule has 0 aliphatic heterocycles. The molecule has 2 nitrogen and oxygen atoms in total. The lowest BCUT2D eigenvalue weighted by molar-refractivity contribution is -0.104. The molecule has 0 saturated heterocycles. The van der Waals surface area contributed by atoms with Gasteiger partial charge >= 0.3 is 0 Å². The van der Waals surface area contributed by atoms with Gasteiger partial charge in [-0.15, -0.1) is 0 Å².